The first-order valence-electron chi connectivity index (χ1n) is 7.20. The summed E-state index contributed by atoms with van der Waals surface area (Å²) in [5.74, 6) is 0.684. The Kier molecular flexibility index (Phi) is 5.37. The van der Waals surface area contributed by atoms with E-state index in [1.54, 1.807) is 11.3 Å². The molecule has 2 heterocycles. The molecule has 0 aromatic carbocycles. The van der Waals surface area contributed by atoms with E-state index >= 15 is 0 Å². The molecule has 1 saturated heterocycles. The van der Waals surface area contributed by atoms with Crippen LogP contribution >= 0.6 is 11.3 Å². The molecule has 1 aliphatic heterocycles. The smallest absolute Gasteiger partial charge is 0.317 e. The molecule has 0 radical (unpaired) electrons. The van der Waals surface area contributed by atoms with Crippen molar-refractivity contribution in [3.63, 3.8) is 0 Å². The number of nitrogens with zero attached hydrogens (tertiary/aromatic N) is 3. The fourth-order valence-corrected chi connectivity index (χ4v) is 3.11. The molecule has 0 atom stereocenters. The molecule has 0 saturated carbocycles. The number of nitrogens with one attached hydrogen (secondary N) is 1. The SMILES string of the molecule is Cc1csc(CNC(=O)N2CCN(CC(C)C)CC2)n1. The molecular formula is C14H24N4OS. The number of rotatable bonds is 4. The van der Waals surface area contributed by atoms with Crippen molar-refractivity contribution >= 4 is 17.4 Å². The van der Waals surface area contributed by atoms with Crippen LogP contribution in [-0.4, -0.2) is 53.5 Å². The van der Waals surface area contributed by atoms with Crippen LogP contribution in [0.1, 0.15) is 24.5 Å². The number of carbonyl (C=O) groups is 1. The van der Waals surface area contributed by atoms with Crippen molar-refractivity contribution in [3.8, 4) is 0 Å². The highest BCUT2D eigenvalue weighted by atomic mass is 32.1. The van der Waals surface area contributed by atoms with Crippen molar-refractivity contribution in [3.05, 3.63) is 16.1 Å². The monoisotopic (exact) mass is 296 g/mol. The maximum atomic E-state index is 12.1. The van der Waals surface area contributed by atoms with Crippen LogP contribution in [0.5, 0.6) is 0 Å². The molecule has 1 aliphatic rings. The molecule has 0 aliphatic carbocycles. The van der Waals surface area contributed by atoms with E-state index in [1.807, 2.05) is 17.2 Å². The first kappa shape index (κ1) is 15.3. The molecule has 20 heavy (non-hydrogen) atoms. The first-order chi connectivity index (χ1) is 9.54. The molecular weight excluding hydrogens is 272 g/mol. The summed E-state index contributed by atoms with van der Waals surface area (Å²) in [7, 11) is 0. The minimum Gasteiger partial charge on any atom is -0.331 e. The van der Waals surface area contributed by atoms with Crippen LogP contribution in [-0.2, 0) is 6.54 Å². The van der Waals surface area contributed by atoms with Gasteiger partial charge in [-0.2, -0.15) is 0 Å². The molecule has 5 nitrogen and oxygen atoms in total. The van der Waals surface area contributed by atoms with Crippen molar-refractivity contribution in [2.24, 2.45) is 5.92 Å². The summed E-state index contributed by atoms with van der Waals surface area (Å²) in [4.78, 5) is 20.8. The number of aryl methyl sites for hydroxylation is 1. The largest absolute Gasteiger partial charge is 0.331 e. The van der Waals surface area contributed by atoms with Gasteiger partial charge in [-0.05, 0) is 12.8 Å². The van der Waals surface area contributed by atoms with Gasteiger partial charge in [-0.25, -0.2) is 9.78 Å². The van der Waals surface area contributed by atoms with Gasteiger partial charge in [0.2, 0.25) is 0 Å². The molecule has 0 bridgehead atoms. The lowest BCUT2D eigenvalue weighted by molar-refractivity contribution is 0.131. The highest BCUT2D eigenvalue weighted by molar-refractivity contribution is 7.09. The Morgan fingerprint density at radius 1 is 1.40 bits per heavy atom. The van der Waals surface area contributed by atoms with Gasteiger partial charge in [0.05, 0.1) is 6.54 Å². The van der Waals surface area contributed by atoms with Gasteiger partial charge in [-0.3, -0.25) is 4.90 Å². The fraction of sp³-hybridized carbons (Fsp3) is 0.714. The molecule has 1 N–H and O–H groups in total. The summed E-state index contributed by atoms with van der Waals surface area (Å²) in [5, 5.41) is 5.93. The van der Waals surface area contributed by atoms with E-state index < -0.39 is 0 Å². The Morgan fingerprint density at radius 3 is 2.65 bits per heavy atom. The topological polar surface area (TPSA) is 48.5 Å². The number of thiazole rings is 1. The maximum absolute atomic E-state index is 12.1. The first-order valence-corrected chi connectivity index (χ1v) is 8.08. The van der Waals surface area contributed by atoms with E-state index in [1.165, 1.54) is 0 Å². The molecule has 1 fully saturated rings. The van der Waals surface area contributed by atoms with Gasteiger partial charge in [0.15, 0.2) is 0 Å². The summed E-state index contributed by atoms with van der Waals surface area (Å²) in [6, 6.07) is 0.0297. The zero-order chi connectivity index (χ0) is 14.5. The van der Waals surface area contributed by atoms with E-state index in [-0.39, 0.29) is 6.03 Å². The van der Waals surface area contributed by atoms with E-state index in [0.29, 0.717) is 12.5 Å². The van der Waals surface area contributed by atoms with Crippen LogP contribution in [0, 0.1) is 12.8 Å². The van der Waals surface area contributed by atoms with Crippen LogP contribution in [0.4, 0.5) is 4.79 Å². The third kappa shape index (κ3) is 4.45. The van der Waals surface area contributed by atoms with Crippen molar-refractivity contribution in [1.82, 2.24) is 20.1 Å². The minimum atomic E-state index is 0.0297. The molecule has 2 rings (SSSR count). The standard InChI is InChI=1S/C14H24N4OS/c1-11(2)9-17-4-6-18(7-5-17)14(19)15-8-13-16-12(3)10-20-13/h10-11H,4-9H2,1-3H3,(H,15,19). The number of piperazine rings is 1. The maximum Gasteiger partial charge on any atom is 0.317 e. The predicted molar refractivity (Wildman–Crippen MR) is 81.9 cm³/mol. The lowest BCUT2D eigenvalue weighted by atomic mass is 10.2. The van der Waals surface area contributed by atoms with Crippen LogP contribution in [0.25, 0.3) is 0 Å². The van der Waals surface area contributed by atoms with Gasteiger partial charge in [-0.1, -0.05) is 13.8 Å². The van der Waals surface area contributed by atoms with Crippen molar-refractivity contribution in [2.75, 3.05) is 32.7 Å². The number of hydrogen-bond donors (Lipinski definition) is 1. The summed E-state index contributed by atoms with van der Waals surface area (Å²) < 4.78 is 0. The zero-order valence-corrected chi connectivity index (χ0v) is 13.4. The normalized spacial score (nSPS) is 16.7. The van der Waals surface area contributed by atoms with Crippen molar-refractivity contribution in [1.29, 1.82) is 0 Å². The van der Waals surface area contributed by atoms with Crippen LogP contribution in [0.15, 0.2) is 5.38 Å². The molecule has 112 valence electrons. The van der Waals surface area contributed by atoms with Crippen LogP contribution in [0.3, 0.4) is 0 Å². The van der Waals surface area contributed by atoms with Gasteiger partial charge in [-0.15, -0.1) is 11.3 Å². The molecule has 1 aromatic heterocycles. The fourth-order valence-electron chi connectivity index (χ4n) is 2.40. The van der Waals surface area contributed by atoms with Gasteiger partial charge < -0.3 is 10.2 Å². The molecule has 2 amide bonds. The highest BCUT2D eigenvalue weighted by Crippen LogP contribution is 2.09. The number of aromatic nitrogens is 1. The van der Waals surface area contributed by atoms with Crippen molar-refractivity contribution in [2.45, 2.75) is 27.3 Å². The van der Waals surface area contributed by atoms with Gasteiger partial charge >= 0.3 is 6.03 Å². The summed E-state index contributed by atoms with van der Waals surface area (Å²) in [5.41, 5.74) is 1.02. The zero-order valence-electron chi connectivity index (χ0n) is 12.6. The third-order valence-corrected chi connectivity index (χ3v) is 4.31. The lowest BCUT2D eigenvalue weighted by Crippen LogP contribution is -2.52. The van der Waals surface area contributed by atoms with Gasteiger partial charge in [0.25, 0.3) is 0 Å². The van der Waals surface area contributed by atoms with Gasteiger partial charge in [0, 0.05) is 43.8 Å². The lowest BCUT2D eigenvalue weighted by Gasteiger charge is -2.35. The Bertz CT molecular complexity index is 438. The van der Waals surface area contributed by atoms with E-state index in [9.17, 15) is 4.79 Å². The number of urea groups is 1. The second kappa shape index (κ2) is 7.04. The number of hydrogen-bond acceptors (Lipinski definition) is 4. The molecule has 1 aromatic rings. The van der Waals surface area contributed by atoms with Crippen LogP contribution in [0.2, 0.25) is 0 Å². The second-order valence-electron chi connectivity index (χ2n) is 5.72. The summed E-state index contributed by atoms with van der Waals surface area (Å²) >= 11 is 1.59. The Labute approximate surface area is 125 Å². The second-order valence-corrected chi connectivity index (χ2v) is 6.67. The quantitative estimate of drug-likeness (QED) is 0.923. The Morgan fingerprint density at radius 2 is 2.10 bits per heavy atom. The minimum absolute atomic E-state index is 0.0297. The number of carbonyl (C=O) groups excluding carboxylic acids is 1. The highest BCUT2D eigenvalue weighted by Gasteiger charge is 2.21. The molecule has 0 unspecified atom stereocenters. The Balaban J connectivity index is 1.72. The molecule has 6 heteroatoms. The average molecular weight is 296 g/mol. The van der Waals surface area contributed by atoms with E-state index in [2.05, 4.69) is 29.0 Å². The summed E-state index contributed by atoms with van der Waals surface area (Å²) in [6.45, 7) is 11.7. The van der Waals surface area contributed by atoms with Crippen molar-refractivity contribution < 1.29 is 4.79 Å². The summed E-state index contributed by atoms with van der Waals surface area (Å²) in [6.07, 6.45) is 0. The predicted octanol–water partition coefficient (Wildman–Crippen LogP) is 1.93. The average Bonchev–Trinajstić information content (AvgIpc) is 2.82. The third-order valence-electron chi connectivity index (χ3n) is 3.34. The molecule has 0 spiro atoms. The van der Waals surface area contributed by atoms with Gasteiger partial charge in [0.1, 0.15) is 5.01 Å². The van der Waals surface area contributed by atoms with E-state index in [4.69, 9.17) is 0 Å². The van der Waals surface area contributed by atoms with Crippen LogP contribution < -0.4 is 5.32 Å². The van der Waals surface area contributed by atoms with E-state index in [0.717, 1.165) is 43.4 Å². The number of amides is 2. The Hall–Kier alpha value is -1.14.